The van der Waals surface area contributed by atoms with Crippen LogP contribution in [0.4, 0.5) is 0 Å². The van der Waals surface area contributed by atoms with Crippen molar-refractivity contribution < 1.29 is 4.52 Å². The molecule has 2 nitrogen and oxygen atoms in total. The lowest BCUT2D eigenvalue weighted by atomic mass is 9.93. The molecule has 0 spiro atoms. The lowest BCUT2D eigenvalue weighted by Crippen LogP contribution is -2.09. The molecule has 0 unspecified atom stereocenters. The number of unbranched alkanes of at least 4 members (excludes halogenated alkanes) is 1. The molecule has 0 aliphatic carbocycles. The van der Waals surface area contributed by atoms with Crippen molar-refractivity contribution in [2.75, 3.05) is 11.5 Å². The quantitative estimate of drug-likeness (QED) is 0.646. The normalized spacial score (nSPS) is 12.7. The standard InChI is InChI=1S/C16H27NOS/c1-13(2)12-19-10-8-6-7-9-14-11-15(18-17-14)16(3,4)5/h7,9,11,13H,6,8,10,12H2,1-5H3/b9-7+. The summed E-state index contributed by atoms with van der Waals surface area (Å²) in [6.45, 7) is 10.9. The minimum Gasteiger partial charge on any atom is -0.360 e. The Balaban J connectivity index is 2.24. The summed E-state index contributed by atoms with van der Waals surface area (Å²) >= 11 is 2.05. The number of thioether (sulfide) groups is 1. The Bertz CT molecular complexity index is 388. The van der Waals surface area contributed by atoms with Gasteiger partial charge in [0.15, 0.2) is 0 Å². The predicted molar refractivity (Wildman–Crippen MR) is 85.6 cm³/mol. The fourth-order valence-corrected chi connectivity index (χ4v) is 2.56. The minimum absolute atomic E-state index is 0.0343. The summed E-state index contributed by atoms with van der Waals surface area (Å²) in [5.74, 6) is 4.25. The van der Waals surface area contributed by atoms with Crippen LogP contribution in [-0.2, 0) is 5.41 Å². The Hall–Kier alpha value is -0.700. The first-order valence-electron chi connectivity index (χ1n) is 7.11. The highest BCUT2D eigenvalue weighted by molar-refractivity contribution is 7.99. The molecule has 1 heterocycles. The van der Waals surface area contributed by atoms with Gasteiger partial charge in [0.25, 0.3) is 0 Å². The Labute approximate surface area is 122 Å². The van der Waals surface area contributed by atoms with E-state index in [2.05, 4.69) is 51.9 Å². The molecule has 0 N–H and O–H groups in total. The number of aromatic nitrogens is 1. The van der Waals surface area contributed by atoms with Crippen LogP contribution in [0.3, 0.4) is 0 Å². The van der Waals surface area contributed by atoms with E-state index in [9.17, 15) is 0 Å². The van der Waals surface area contributed by atoms with E-state index in [0.29, 0.717) is 0 Å². The fraction of sp³-hybridized carbons (Fsp3) is 0.688. The maximum absolute atomic E-state index is 5.35. The molecule has 0 fully saturated rings. The third kappa shape index (κ3) is 6.86. The SMILES string of the molecule is CC(C)CSCCC/C=C/c1cc(C(C)(C)C)on1. The highest BCUT2D eigenvalue weighted by atomic mass is 32.2. The first kappa shape index (κ1) is 16.4. The van der Waals surface area contributed by atoms with Crippen molar-refractivity contribution in [2.24, 2.45) is 5.92 Å². The van der Waals surface area contributed by atoms with E-state index in [0.717, 1.165) is 23.8 Å². The zero-order valence-electron chi connectivity index (χ0n) is 12.9. The summed E-state index contributed by atoms with van der Waals surface area (Å²) in [6, 6.07) is 2.03. The average molecular weight is 281 g/mol. The summed E-state index contributed by atoms with van der Waals surface area (Å²) in [5.41, 5.74) is 0.965. The molecule has 3 heteroatoms. The van der Waals surface area contributed by atoms with Crippen LogP contribution in [-0.4, -0.2) is 16.7 Å². The van der Waals surface area contributed by atoms with Crippen molar-refractivity contribution >= 4 is 17.8 Å². The first-order chi connectivity index (χ1) is 8.89. The molecule has 0 atom stereocenters. The molecule has 0 aliphatic heterocycles. The second kappa shape index (κ2) is 7.78. The molecule has 0 saturated carbocycles. The number of rotatable bonds is 7. The molecular weight excluding hydrogens is 254 g/mol. The van der Waals surface area contributed by atoms with Gasteiger partial charge < -0.3 is 4.52 Å². The first-order valence-corrected chi connectivity index (χ1v) is 8.26. The molecule has 1 aromatic heterocycles. The van der Waals surface area contributed by atoms with E-state index in [4.69, 9.17) is 4.52 Å². The Morgan fingerprint density at radius 1 is 1.37 bits per heavy atom. The van der Waals surface area contributed by atoms with Crippen molar-refractivity contribution in [1.82, 2.24) is 5.16 Å². The van der Waals surface area contributed by atoms with Crippen LogP contribution in [0.1, 0.15) is 58.9 Å². The second-order valence-electron chi connectivity index (χ2n) is 6.38. The maximum Gasteiger partial charge on any atom is 0.142 e. The van der Waals surface area contributed by atoms with Gasteiger partial charge in [-0.2, -0.15) is 11.8 Å². The maximum atomic E-state index is 5.35. The van der Waals surface area contributed by atoms with Crippen molar-refractivity contribution in [2.45, 2.75) is 52.9 Å². The average Bonchev–Trinajstić information content (AvgIpc) is 2.75. The fourth-order valence-electron chi connectivity index (χ4n) is 1.55. The van der Waals surface area contributed by atoms with Crippen LogP contribution in [0.2, 0.25) is 0 Å². The van der Waals surface area contributed by atoms with Gasteiger partial charge >= 0.3 is 0 Å². The van der Waals surface area contributed by atoms with E-state index >= 15 is 0 Å². The van der Waals surface area contributed by atoms with Gasteiger partial charge in [0, 0.05) is 11.5 Å². The second-order valence-corrected chi connectivity index (χ2v) is 7.53. The summed E-state index contributed by atoms with van der Waals surface area (Å²) in [7, 11) is 0. The van der Waals surface area contributed by atoms with Gasteiger partial charge in [-0.05, 0) is 36.3 Å². The van der Waals surface area contributed by atoms with Gasteiger partial charge in [0.05, 0.1) is 0 Å². The topological polar surface area (TPSA) is 26.0 Å². The molecule has 1 aromatic rings. The summed E-state index contributed by atoms with van der Waals surface area (Å²) in [5, 5.41) is 4.07. The molecule has 108 valence electrons. The summed E-state index contributed by atoms with van der Waals surface area (Å²) < 4.78 is 5.35. The molecule has 0 amide bonds. The Morgan fingerprint density at radius 2 is 2.11 bits per heavy atom. The van der Waals surface area contributed by atoms with Crippen LogP contribution in [0.15, 0.2) is 16.7 Å². The van der Waals surface area contributed by atoms with E-state index in [1.165, 1.54) is 17.9 Å². The molecule has 1 rings (SSSR count). The highest BCUT2D eigenvalue weighted by Gasteiger charge is 2.18. The van der Waals surface area contributed by atoms with Gasteiger partial charge in [0.2, 0.25) is 0 Å². The Kier molecular flexibility index (Phi) is 6.70. The molecule has 0 aliphatic rings. The molecular formula is C16H27NOS. The smallest absolute Gasteiger partial charge is 0.142 e. The zero-order chi connectivity index (χ0) is 14.3. The van der Waals surface area contributed by atoms with Crippen LogP contribution in [0.5, 0.6) is 0 Å². The van der Waals surface area contributed by atoms with Gasteiger partial charge in [-0.15, -0.1) is 0 Å². The monoisotopic (exact) mass is 281 g/mol. The van der Waals surface area contributed by atoms with Crippen LogP contribution >= 0.6 is 11.8 Å². The van der Waals surface area contributed by atoms with Crippen molar-refractivity contribution in [3.05, 3.63) is 23.6 Å². The molecule has 0 saturated heterocycles. The molecule has 19 heavy (non-hydrogen) atoms. The van der Waals surface area contributed by atoms with E-state index in [1.54, 1.807) is 0 Å². The summed E-state index contributed by atoms with van der Waals surface area (Å²) in [4.78, 5) is 0. The summed E-state index contributed by atoms with van der Waals surface area (Å²) in [6.07, 6.45) is 6.60. The van der Waals surface area contributed by atoms with Gasteiger partial charge in [0.1, 0.15) is 11.5 Å². The lowest BCUT2D eigenvalue weighted by molar-refractivity contribution is 0.328. The predicted octanol–water partition coefficient (Wildman–Crippen LogP) is 5.15. The van der Waals surface area contributed by atoms with E-state index < -0.39 is 0 Å². The molecule has 0 aromatic carbocycles. The lowest BCUT2D eigenvalue weighted by Gasteiger charge is -2.11. The van der Waals surface area contributed by atoms with Crippen molar-refractivity contribution in [3.8, 4) is 0 Å². The number of hydrogen-bond donors (Lipinski definition) is 0. The number of allylic oxidation sites excluding steroid dienone is 1. The van der Waals surface area contributed by atoms with Crippen LogP contribution in [0, 0.1) is 5.92 Å². The van der Waals surface area contributed by atoms with Crippen molar-refractivity contribution in [1.29, 1.82) is 0 Å². The number of hydrogen-bond acceptors (Lipinski definition) is 3. The van der Waals surface area contributed by atoms with Gasteiger partial charge in [-0.3, -0.25) is 0 Å². The van der Waals surface area contributed by atoms with Gasteiger partial charge in [-0.1, -0.05) is 45.9 Å². The number of nitrogens with zero attached hydrogens (tertiary/aromatic N) is 1. The zero-order valence-corrected chi connectivity index (χ0v) is 13.7. The largest absolute Gasteiger partial charge is 0.360 e. The van der Waals surface area contributed by atoms with Crippen LogP contribution < -0.4 is 0 Å². The van der Waals surface area contributed by atoms with Gasteiger partial charge in [-0.25, -0.2) is 0 Å². The third-order valence-corrected chi connectivity index (χ3v) is 4.15. The minimum atomic E-state index is 0.0343. The molecule has 0 radical (unpaired) electrons. The van der Waals surface area contributed by atoms with E-state index in [1.807, 2.05) is 17.8 Å². The van der Waals surface area contributed by atoms with Crippen molar-refractivity contribution in [3.63, 3.8) is 0 Å². The third-order valence-electron chi connectivity index (χ3n) is 2.67. The molecule has 0 bridgehead atoms. The Morgan fingerprint density at radius 3 is 2.68 bits per heavy atom. The van der Waals surface area contributed by atoms with Crippen LogP contribution in [0.25, 0.3) is 6.08 Å². The highest BCUT2D eigenvalue weighted by Crippen LogP contribution is 2.23. The van der Waals surface area contributed by atoms with E-state index in [-0.39, 0.29) is 5.41 Å².